The van der Waals surface area contributed by atoms with Crippen LogP contribution in [-0.2, 0) is 24.0 Å². The van der Waals surface area contributed by atoms with Crippen LogP contribution in [0.3, 0.4) is 0 Å². The molecule has 1 aliphatic carbocycles. The maximum Gasteiger partial charge on any atom is 0.201 e. The van der Waals surface area contributed by atoms with Crippen LogP contribution in [0.4, 0.5) is 0 Å². The molecule has 5 nitrogen and oxygen atoms in total. The minimum atomic E-state index is -2.50. The van der Waals surface area contributed by atoms with Crippen molar-refractivity contribution in [3.63, 3.8) is 0 Å². The van der Waals surface area contributed by atoms with E-state index in [1.165, 1.54) is 0 Å². The zero-order chi connectivity index (χ0) is 17.3. The Bertz CT molecular complexity index is 514. The summed E-state index contributed by atoms with van der Waals surface area (Å²) in [7, 11) is -2.50. The molecule has 5 rings (SSSR count). The van der Waals surface area contributed by atoms with Gasteiger partial charge in [-0.2, -0.15) is 0 Å². The number of hydrogen-bond donors (Lipinski definition) is 0. The largest absolute Gasteiger partial charge is 0.355 e. The summed E-state index contributed by atoms with van der Waals surface area (Å²) in [6, 6.07) is 0. The van der Waals surface area contributed by atoms with Gasteiger partial charge in [0.05, 0.1) is 4.11 Å². The number of rotatable bonds is 1. The summed E-state index contributed by atoms with van der Waals surface area (Å²) in [6.45, 7) is 6.06. The molecule has 1 saturated carbocycles. The quantitative estimate of drug-likeness (QED) is 0.697. The molecule has 5 heteroatoms. The predicted molar refractivity (Wildman–Crippen MR) is 73.8 cm³/mol. The van der Waals surface area contributed by atoms with Crippen molar-refractivity contribution >= 4 is 0 Å². The van der Waals surface area contributed by atoms with Crippen LogP contribution in [0.15, 0.2) is 0 Å². The van der Waals surface area contributed by atoms with E-state index >= 15 is 0 Å². The molecule has 0 aromatic rings. The van der Waals surface area contributed by atoms with Crippen LogP contribution in [0.5, 0.6) is 0 Å². The number of fused-ring (bicyclic) bond motifs is 2. The Kier molecular flexibility index (Phi) is 2.51. The molecule has 5 fully saturated rings. The highest BCUT2D eigenvalue weighted by molar-refractivity contribution is 5.08. The molecule has 4 saturated heterocycles. The second-order valence-electron chi connectivity index (χ2n) is 7.39. The van der Waals surface area contributed by atoms with Gasteiger partial charge in [-0.15, -0.1) is 0 Å². The lowest BCUT2D eigenvalue weighted by Crippen LogP contribution is -2.70. The Labute approximate surface area is 130 Å². The minimum absolute atomic E-state index is 0.0763. The third-order valence-corrected chi connectivity index (χ3v) is 6.21. The van der Waals surface area contributed by atoms with Crippen LogP contribution < -0.4 is 0 Å². The van der Waals surface area contributed by atoms with Crippen LogP contribution in [0.25, 0.3) is 0 Å². The summed E-state index contributed by atoms with van der Waals surface area (Å²) in [6.07, 6.45) is 2.18. The Hall–Kier alpha value is -0.200. The molecule has 0 aromatic heterocycles. The van der Waals surface area contributed by atoms with Crippen LogP contribution in [0, 0.1) is 23.7 Å². The van der Waals surface area contributed by atoms with Gasteiger partial charge in [-0.3, -0.25) is 0 Å². The lowest BCUT2D eigenvalue weighted by Gasteiger charge is -2.60. The van der Waals surface area contributed by atoms with Gasteiger partial charge in [0.25, 0.3) is 0 Å². The Morgan fingerprint density at radius 2 is 2.00 bits per heavy atom. The SMILES string of the molecule is [2H]C([2H])([2H])O[C@H]1O[C@@H]2O[C@]3(C)CC[C@H]4[C@H](C)CC[C@@H]([C@H]1C)[C@@]24OO3. The highest BCUT2D eigenvalue weighted by Gasteiger charge is 2.69. The van der Waals surface area contributed by atoms with E-state index in [-0.39, 0.29) is 17.8 Å². The molecule has 0 radical (unpaired) electrons. The fourth-order valence-electron chi connectivity index (χ4n) is 5.01. The fraction of sp³-hybridized carbons (Fsp3) is 1.00. The van der Waals surface area contributed by atoms with Gasteiger partial charge < -0.3 is 14.2 Å². The van der Waals surface area contributed by atoms with Crippen molar-refractivity contribution in [2.75, 3.05) is 7.04 Å². The third kappa shape index (κ3) is 1.81. The Morgan fingerprint density at radius 1 is 1.14 bits per heavy atom. The summed E-state index contributed by atoms with van der Waals surface area (Å²) >= 11 is 0. The van der Waals surface area contributed by atoms with E-state index < -0.39 is 31.0 Å². The van der Waals surface area contributed by atoms with Crippen molar-refractivity contribution in [1.82, 2.24) is 0 Å². The molecule has 1 spiro atoms. The van der Waals surface area contributed by atoms with Gasteiger partial charge in [0.15, 0.2) is 18.2 Å². The second kappa shape index (κ2) is 4.65. The molecule has 4 aliphatic heterocycles. The van der Waals surface area contributed by atoms with Gasteiger partial charge >= 0.3 is 0 Å². The summed E-state index contributed by atoms with van der Waals surface area (Å²) in [5, 5.41) is 0. The first-order chi connectivity index (χ1) is 11.1. The topological polar surface area (TPSA) is 46.2 Å². The first kappa shape index (κ1) is 11.4. The van der Waals surface area contributed by atoms with Gasteiger partial charge in [-0.1, -0.05) is 13.8 Å². The number of hydrogen-bond acceptors (Lipinski definition) is 5. The number of methoxy groups -OCH3 is 1. The van der Waals surface area contributed by atoms with Gasteiger partial charge in [0, 0.05) is 25.3 Å². The second-order valence-corrected chi connectivity index (χ2v) is 7.39. The summed E-state index contributed by atoms with van der Waals surface area (Å²) < 4.78 is 39.6. The fourth-order valence-corrected chi connectivity index (χ4v) is 5.01. The van der Waals surface area contributed by atoms with E-state index in [1.807, 2.05) is 13.8 Å². The molecule has 0 aromatic carbocycles. The van der Waals surface area contributed by atoms with Gasteiger partial charge in [-0.05, 0) is 38.0 Å². The lowest BCUT2D eigenvalue weighted by atomic mass is 9.58. The zero-order valence-electron chi connectivity index (χ0n) is 15.8. The van der Waals surface area contributed by atoms with E-state index in [0.29, 0.717) is 5.92 Å². The monoisotopic (exact) mass is 301 g/mol. The van der Waals surface area contributed by atoms with Crippen molar-refractivity contribution in [2.45, 2.75) is 70.4 Å². The van der Waals surface area contributed by atoms with E-state index in [0.717, 1.165) is 25.7 Å². The van der Waals surface area contributed by atoms with Gasteiger partial charge in [-0.25, -0.2) is 9.78 Å². The molecule has 120 valence electrons. The minimum Gasteiger partial charge on any atom is -0.355 e. The van der Waals surface area contributed by atoms with Crippen LogP contribution in [0.2, 0.25) is 0 Å². The highest BCUT2D eigenvalue weighted by atomic mass is 17.3. The molecule has 4 heterocycles. The van der Waals surface area contributed by atoms with E-state index in [1.54, 1.807) is 0 Å². The molecule has 0 unspecified atom stereocenters. The molecule has 5 aliphatic rings. The summed E-state index contributed by atoms with van der Waals surface area (Å²) in [5.41, 5.74) is -0.679. The first-order valence-electron chi connectivity index (χ1n) is 9.52. The van der Waals surface area contributed by atoms with Crippen LogP contribution in [-0.4, -0.2) is 31.0 Å². The molecule has 21 heavy (non-hydrogen) atoms. The summed E-state index contributed by atoms with van der Waals surface area (Å²) in [5.74, 6) is -0.157. The van der Waals surface area contributed by atoms with Crippen molar-refractivity contribution in [3.05, 3.63) is 0 Å². The van der Waals surface area contributed by atoms with Gasteiger partial charge in [0.2, 0.25) is 5.79 Å². The molecule has 2 bridgehead atoms. The first-order valence-corrected chi connectivity index (χ1v) is 8.02. The van der Waals surface area contributed by atoms with E-state index in [9.17, 15) is 0 Å². The molecular weight excluding hydrogens is 272 g/mol. The maximum atomic E-state index is 7.42. The standard InChI is InChI=1S/C16H26O5/c1-9-5-6-12-10(2)13(17-4)18-14-16(12)11(9)7-8-15(3,19-14)20-21-16/h9-14H,5-8H2,1-4H3/t9-,10-,11+,12+,13+,14-,15+,16-/m1/s1/i4D3. The van der Waals surface area contributed by atoms with E-state index in [2.05, 4.69) is 6.92 Å². The predicted octanol–water partition coefficient (Wildman–Crippen LogP) is 2.84. The Morgan fingerprint density at radius 3 is 2.81 bits per heavy atom. The smallest absolute Gasteiger partial charge is 0.201 e. The van der Waals surface area contributed by atoms with Crippen molar-refractivity contribution in [1.29, 1.82) is 0 Å². The van der Waals surface area contributed by atoms with Crippen LogP contribution in [0.1, 0.15) is 50.6 Å². The van der Waals surface area contributed by atoms with E-state index in [4.69, 9.17) is 28.1 Å². The van der Waals surface area contributed by atoms with Gasteiger partial charge in [0.1, 0.15) is 0 Å². The molecular formula is C16H26O5. The maximum absolute atomic E-state index is 7.42. The van der Waals surface area contributed by atoms with Crippen molar-refractivity contribution < 1.29 is 28.1 Å². The summed E-state index contributed by atoms with van der Waals surface area (Å²) in [4.78, 5) is 11.7. The molecule has 0 amide bonds. The van der Waals surface area contributed by atoms with Crippen molar-refractivity contribution in [3.8, 4) is 0 Å². The highest BCUT2D eigenvalue weighted by Crippen LogP contribution is 2.60. The van der Waals surface area contributed by atoms with Crippen LogP contribution >= 0.6 is 0 Å². The normalized spacial score (nSPS) is 62.1. The Balaban J connectivity index is 1.72. The van der Waals surface area contributed by atoms with Crippen molar-refractivity contribution in [2.24, 2.45) is 23.7 Å². The molecule has 0 N–H and O–H groups in total. The molecule has 8 atom stereocenters. The third-order valence-electron chi connectivity index (χ3n) is 6.21. The number of ether oxygens (including phenoxy) is 3. The average molecular weight is 301 g/mol. The zero-order valence-corrected chi connectivity index (χ0v) is 12.8. The average Bonchev–Trinajstić information content (AvgIpc) is 2.69. The lowest BCUT2D eigenvalue weighted by molar-refractivity contribution is -0.577.